The maximum Gasteiger partial charge on any atom is 0.418 e. The van der Waals surface area contributed by atoms with Crippen LogP contribution >= 0.6 is 0 Å². The number of para-hydroxylation sites is 1. The zero-order valence-corrected chi connectivity index (χ0v) is 17.7. The van der Waals surface area contributed by atoms with Crippen LogP contribution in [0.4, 0.5) is 18.9 Å². The molecule has 0 aliphatic carbocycles. The van der Waals surface area contributed by atoms with Crippen molar-refractivity contribution in [1.82, 2.24) is 4.98 Å². The number of halogens is 3. The first-order valence-electron chi connectivity index (χ1n) is 10.2. The lowest BCUT2D eigenvalue weighted by molar-refractivity contribution is -0.137. The van der Waals surface area contributed by atoms with Crippen LogP contribution in [-0.4, -0.2) is 10.9 Å². The predicted octanol–water partition coefficient (Wildman–Crippen LogP) is 6.31. The van der Waals surface area contributed by atoms with Gasteiger partial charge in [-0.2, -0.15) is 18.4 Å². The number of anilines is 1. The van der Waals surface area contributed by atoms with E-state index in [4.69, 9.17) is 4.74 Å². The Kier molecular flexibility index (Phi) is 6.37. The topological polar surface area (TPSA) is 77.9 Å². The minimum atomic E-state index is -4.65. The fraction of sp³-hybridized carbons (Fsp3) is 0.0769. The molecule has 0 fully saturated rings. The van der Waals surface area contributed by atoms with Crippen LogP contribution in [0.1, 0.15) is 16.7 Å². The van der Waals surface area contributed by atoms with Crippen LogP contribution in [0.2, 0.25) is 0 Å². The van der Waals surface area contributed by atoms with E-state index in [1.165, 1.54) is 18.2 Å². The average Bonchev–Trinajstić information content (AvgIpc) is 3.23. The van der Waals surface area contributed by atoms with Gasteiger partial charge in [-0.3, -0.25) is 4.79 Å². The number of benzene rings is 3. The molecule has 170 valence electrons. The fourth-order valence-electron chi connectivity index (χ4n) is 3.40. The standard InChI is InChI=1S/C26H18F3N3O2/c27-26(28,29)22-8-4-5-9-24(22)32-25(33)18(14-30)12-19-15-31-23-11-10-20(13-21(19)23)34-16-17-6-2-1-3-7-17/h1-13,15,31H,16H2,(H,32,33)/b18-12+. The van der Waals surface area contributed by atoms with Crippen molar-refractivity contribution in [1.29, 1.82) is 5.26 Å². The number of hydrogen-bond acceptors (Lipinski definition) is 3. The third-order valence-electron chi connectivity index (χ3n) is 5.08. The molecule has 0 saturated carbocycles. The largest absolute Gasteiger partial charge is 0.489 e. The summed E-state index contributed by atoms with van der Waals surface area (Å²) in [5, 5.41) is 12.4. The Morgan fingerprint density at radius 2 is 1.79 bits per heavy atom. The second-order valence-electron chi connectivity index (χ2n) is 7.39. The van der Waals surface area contributed by atoms with Crippen LogP contribution in [0, 0.1) is 11.3 Å². The summed E-state index contributed by atoms with van der Waals surface area (Å²) in [5.41, 5.74) is 0.520. The number of aromatic nitrogens is 1. The van der Waals surface area contributed by atoms with Crippen LogP contribution in [0.15, 0.2) is 84.6 Å². The minimum absolute atomic E-state index is 0.339. The first kappa shape index (κ1) is 22.7. The van der Waals surface area contributed by atoms with E-state index in [2.05, 4.69) is 10.3 Å². The maximum atomic E-state index is 13.2. The third kappa shape index (κ3) is 5.10. The maximum absolute atomic E-state index is 13.2. The van der Waals surface area contributed by atoms with E-state index >= 15 is 0 Å². The van der Waals surface area contributed by atoms with Gasteiger partial charge in [-0.25, -0.2) is 0 Å². The van der Waals surface area contributed by atoms with Crippen molar-refractivity contribution in [2.45, 2.75) is 12.8 Å². The summed E-state index contributed by atoms with van der Waals surface area (Å²) in [7, 11) is 0. The van der Waals surface area contributed by atoms with Gasteiger partial charge in [-0.1, -0.05) is 42.5 Å². The second-order valence-corrected chi connectivity index (χ2v) is 7.39. The van der Waals surface area contributed by atoms with E-state index in [0.717, 1.165) is 23.2 Å². The minimum Gasteiger partial charge on any atom is -0.489 e. The molecule has 0 radical (unpaired) electrons. The Bertz CT molecular complexity index is 1400. The van der Waals surface area contributed by atoms with Gasteiger partial charge in [-0.15, -0.1) is 0 Å². The Morgan fingerprint density at radius 3 is 2.53 bits per heavy atom. The normalized spacial score (nSPS) is 11.8. The molecule has 5 nitrogen and oxygen atoms in total. The number of hydrogen-bond donors (Lipinski definition) is 2. The van der Waals surface area contributed by atoms with Crippen LogP contribution < -0.4 is 10.1 Å². The Morgan fingerprint density at radius 1 is 1.06 bits per heavy atom. The smallest absolute Gasteiger partial charge is 0.418 e. The van der Waals surface area contributed by atoms with Crippen molar-refractivity contribution in [2.24, 2.45) is 0 Å². The molecule has 1 heterocycles. The van der Waals surface area contributed by atoms with Crippen molar-refractivity contribution in [3.05, 3.63) is 101 Å². The number of amides is 1. The molecule has 4 aromatic rings. The molecular weight excluding hydrogens is 443 g/mol. The molecule has 1 amide bonds. The first-order chi connectivity index (χ1) is 16.3. The van der Waals surface area contributed by atoms with E-state index in [1.807, 2.05) is 30.3 Å². The number of nitriles is 1. The van der Waals surface area contributed by atoms with E-state index in [9.17, 15) is 23.2 Å². The van der Waals surface area contributed by atoms with Crippen LogP contribution in [-0.2, 0) is 17.6 Å². The number of carbonyl (C=O) groups is 1. The molecule has 3 aromatic carbocycles. The zero-order chi connectivity index (χ0) is 24.1. The molecule has 0 atom stereocenters. The van der Waals surface area contributed by atoms with Crippen LogP contribution in [0.3, 0.4) is 0 Å². The molecule has 0 aliphatic rings. The van der Waals surface area contributed by atoms with Gasteiger partial charge in [0.15, 0.2) is 0 Å². The quantitative estimate of drug-likeness (QED) is 0.261. The molecule has 2 N–H and O–H groups in total. The molecule has 0 unspecified atom stereocenters. The molecule has 0 spiro atoms. The number of rotatable bonds is 6. The van der Waals surface area contributed by atoms with Crippen LogP contribution in [0.5, 0.6) is 5.75 Å². The Hall–Kier alpha value is -4.51. The molecular formula is C26H18F3N3O2. The predicted molar refractivity (Wildman–Crippen MR) is 123 cm³/mol. The summed E-state index contributed by atoms with van der Waals surface area (Å²) in [5.74, 6) is -0.349. The number of carbonyl (C=O) groups excluding carboxylic acids is 1. The average molecular weight is 461 g/mol. The summed E-state index contributed by atoms with van der Waals surface area (Å²) >= 11 is 0. The lowest BCUT2D eigenvalue weighted by atomic mass is 10.1. The van der Waals surface area contributed by atoms with Gasteiger partial charge in [-0.05, 0) is 42.0 Å². The lowest BCUT2D eigenvalue weighted by Crippen LogP contribution is -2.17. The van der Waals surface area contributed by atoms with Crippen LogP contribution in [0.25, 0.3) is 17.0 Å². The summed E-state index contributed by atoms with van der Waals surface area (Å²) < 4.78 is 45.5. The van der Waals surface area contributed by atoms with Gasteiger partial charge >= 0.3 is 6.18 Å². The highest BCUT2D eigenvalue weighted by Gasteiger charge is 2.33. The van der Waals surface area contributed by atoms with Crippen molar-refractivity contribution >= 4 is 28.6 Å². The van der Waals surface area contributed by atoms with Crippen molar-refractivity contribution < 1.29 is 22.7 Å². The summed E-state index contributed by atoms with van der Waals surface area (Å²) in [6.07, 6.45) is -1.71. The summed E-state index contributed by atoms with van der Waals surface area (Å²) in [6, 6.07) is 21.4. The van der Waals surface area contributed by atoms with Crippen molar-refractivity contribution in [3.63, 3.8) is 0 Å². The summed E-state index contributed by atoms with van der Waals surface area (Å²) in [6.45, 7) is 0.367. The van der Waals surface area contributed by atoms with Crippen molar-refractivity contribution in [3.8, 4) is 11.8 Å². The molecule has 1 aromatic heterocycles. The van der Waals surface area contributed by atoms with E-state index in [1.54, 1.807) is 30.5 Å². The Balaban J connectivity index is 1.58. The van der Waals surface area contributed by atoms with Gasteiger partial charge < -0.3 is 15.0 Å². The number of H-pyrrole nitrogens is 1. The molecule has 4 rings (SSSR count). The number of aromatic amines is 1. The second kappa shape index (κ2) is 9.55. The van der Waals surface area contributed by atoms with Gasteiger partial charge in [0, 0.05) is 22.7 Å². The number of nitrogens with zero attached hydrogens (tertiary/aromatic N) is 1. The highest BCUT2D eigenvalue weighted by molar-refractivity contribution is 6.11. The molecule has 8 heteroatoms. The van der Waals surface area contributed by atoms with E-state index in [-0.39, 0.29) is 5.57 Å². The van der Waals surface area contributed by atoms with Gasteiger partial charge in [0.05, 0.1) is 11.3 Å². The highest BCUT2D eigenvalue weighted by atomic mass is 19.4. The fourth-order valence-corrected chi connectivity index (χ4v) is 3.40. The number of nitrogens with one attached hydrogen (secondary N) is 2. The highest BCUT2D eigenvalue weighted by Crippen LogP contribution is 2.35. The third-order valence-corrected chi connectivity index (χ3v) is 5.08. The Labute approximate surface area is 193 Å². The van der Waals surface area contributed by atoms with E-state index in [0.29, 0.717) is 23.3 Å². The monoisotopic (exact) mass is 461 g/mol. The van der Waals surface area contributed by atoms with Crippen molar-refractivity contribution in [2.75, 3.05) is 5.32 Å². The van der Waals surface area contributed by atoms with Gasteiger partial charge in [0.2, 0.25) is 0 Å². The first-order valence-corrected chi connectivity index (χ1v) is 10.2. The number of fused-ring (bicyclic) bond motifs is 1. The lowest BCUT2D eigenvalue weighted by Gasteiger charge is -2.13. The number of alkyl halides is 3. The molecule has 34 heavy (non-hydrogen) atoms. The van der Waals surface area contributed by atoms with Gasteiger partial charge in [0.1, 0.15) is 24.0 Å². The molecule has 0 saturated heterocycles. The SMILES string of the molecule is N#C/C(=C\c1c[nH]c2ccc(OCc3ccccc3)cc12)C(=O)Nc1ccccc1C(F)(F)F. The molecule has 0 aliphatic heterocycles. The summed E-state index contributed by atoms with van der Waals surface area (Å²) in [4.78, 5) is 15.7. The molecule has 0 bridgehead atoms. The van der Waals surface area contributed by atoms with Gasteiger partial charge in [0.25, 0.3) is 5.91 Å². The van der Waals surface area contributed by atoms with E-state index < -0.39 is 23.3 Å². The zero-order valence-electron chi connectivity index (χ0n) is 17.7. The number of ether oxygens (including phenoxy) is 1.